The van der Waals surface area contributed by atoms with E-state index in [-0.39, 0.29) is 28.9 Å². The normalized spacial score (nSPS) is 15.7. The molecule has 0 atom stereocenters. The number of rotatable bonds is 8. The molecule has 60 heavy (non-hydrogen) atoms. The third-order valence-corrected chi connectivity index (χ3v) is 11.4. The standard InChI is InChI=1S/C59H41N/c1-5-17-42(18-6-1)45-21-15-27-51(40-45)60(50-34-31-43(32-35-50)46-33-37-54-47(39-46)22-16-29-53(54)44-19-7-2-8-20-44)52-36-38-56-55-28-13-14-30-57(55)59(58(56)41-52,48-23-9-3-10-24-48)49-25-11-4-12-26-49/h1-41H/i1D,2D,5D,6D,7D,8D,15D,17D,18D,19D,20D,21D,27D,40D. The fourth-order valence-electron chi connectivity index (χ4n) is 8.79. The maximum absolute atomic E-state index is 9.92. The van der Waals surface area contributed by atoms with Gasteiger partial charge in [0.2, 0.25) is 0 Å². The average molecular weight is 778 g/mol. The highest BCUT2D eigenvalue weighted by atomic mass is 15.1. The highest BCUT2D eigenvalue weighted by molar-refractivity contribution is 5.99. The van der Waals surface area contributed by atoms with Gasteiger partial charge in [0.05, 0.1) is 24.6 Å². The molecule has 11 rings (SSSR count). The summed E-state index contributed by atoms with van der Waals surface area (Å²) in [6, 6.07) is 45.6. The van der Waals surface area contributed by atoms with E-state index < -0.39 is 83.5 Å². The van der Waals surface area contributed by atoms with Crippen LogP contribution >= 0.6 is 0 Å². The summed E-state index contributed by atoms with van der Waals surface area (Å²) >= 11 is 0. The van der Waals surface area contributed by atoms with Gasteiger partial charge in [-0.25, -0.2) is 0 Å². The summed E-state index contributed by atoms with van der Waals surface area (Å²) in [5, 5.41) is 1.44. The van der Waals surface area contributed by atoms with Gasteiger partial charge in [-0.15, -0.1) is 0 Å². The molecule has 0 unspecified atom stereocenters. The van der Waals surface area contributed by atoms with E-state index in [1.807, 2.05) is 115 Å². The van der Waals surface area contributed by atoms with Gasteiger partial charge in [-0.05, 0) is 120 Å². The van der Waals surface area contributed by atoms with E-state index in [0.29, 0.717) is 22.3 Å². The van der Waals surface area contributed by atoms with Crippen LogP contribution in [0, 0.1) is 0 Å². The molecule has 1 heteroatoms. The Labute approximate surface area is 371 Å². The smallest absolute Gasteiger partial charge is 0.0714 e. The summed E-state index contributed by atoms with van der Waals surface area (Å²) in [5.74, 6) is 0. The van der Waals surface area contributed by atoms with Gasteiger partial charge in [-0.1, -0.05) is 206 Å². The van der Waals surface area contributed by atoms with E-state index in [9.17, 15) is 4.11 Å². The van der Waals surface area contributed by atoms with E-state index in [1.165, 1.54) is 0 Å². The number of benzene rings is 10. The Bertz CT molecular complexity index is 3860. The molecule has 1 nitrogen and oxygen atoms in total. The van der Waals surface area contributed by atoms with E-state index >= 15 is 0 Å². The summed E-state index contributed by atoms with van der Waals surface area (Å²) < 4.78 is 123. The maximum Gasteiger partial charge on any atom is 0.0714 e. The molecular formula is C59H41N. The van der Waals surface area contributed by atoms with Crippen molar-refractivity contribution in [1.29, 1.82) is 0 Å². The summed E-state index contributed by atoms with van der Waals surface area (Å²) in [7, 11) is 0. The number of nitrogens with zero attached hydrogens (tertiary/aromatic N) is 1. The lowest BCUT2D eigenvalue weighted by atomic mass is 9.67. The Kier molecular flexibility index (Phi) is 5.86. The molecule has 0 fully saturated rings. The zero-order valence-electron chi connectivity index (χ0n) is 46.0. The second-order valence-electron chi connectivity index (χ2n) is 14.6. The number of hydrogen-bond acceptors (Lipinski definition) is 1. The van der Waals surface area contributed by atoms with Gasteiger partial charge in [-0.2, -0.15) is 0 Å². The van der Waals surface area contributed by atoms with Crippen LogP contribution < -0.4 is 4.90 Å². The number of anilines is 3. The highest BCUT2D eigenvalue weighted by Gasteiger charge is 2.46. The first kappa shape index (κ1) is 23.6. The fraction of sp³-hybridized carbons (Fsp3) is 0.0169. The summed E-state index contributed by atoms with van der Waals surface area (Å²) in [6.07, 6.45) is 0. The van der Waals surface area contributed by atoms with E-state index in [2.05, 4.69) is 36.4 Å². The van der Waals surface area contributed by atoms with Gasteiger partial charge in [0.25, 0.3) is 0 Å². The van der Waals surface area contributed by atoms with Crippen molar-refractivity contribution >= 4 is 27.8 Å². The molecule has 0 amide bonds. The molecule has 10 aromatic rings. The van der Waals surface area contributed by atoms with Crippen molar-refractivity contribution in [2.45, 2.75) is 5.41 Å². The Balaban J connectivity index is 1.14. The Morgan fingerprint density at radius 2 is 0.950 bits per heavy atom. The van der Waals surface area contributed by atoms with Crippen LogP contribution in [0.15, 0.2) is 248 Å². The van der Waals surface area contributed by atoms with Crippen LogP contribution in [0.3, 0.4) is 0 Å². The van der Waals surface area contributed by atoms with Crippen molar-refractivity contribution in [3.63, 3.8) is 0 Å². The minimum absolute atomic E-state index is 0.102. The highest BCUT2D eigenvalue weighted by Crippen LogP contribution is 2.57. The lowest BCUT2D eigenvalue weighted by Gasteiger charge is -2.35. The van der Waals surface area contributed by atoms with Crippen LogP contribution in [0.25, 0.3) is 55.3 Å². The van der Waals surface area contributed by atoms with Crippen molar-refractivity contribution in [2.24, 2.45) is 0 Å². The van der Waals surface area contributed by atoms with E-state index in [4.69, 9.17) is 15.1 Å². The lowest BCUT2D eigenvalue weighted by molar-refractivity contribution is 0.768. The minimum atomic E-state index is -0.851. The molecule has 0 radical (unpaired) electrons. The maximum atomic E-state index is 9.92. The summed E-state index contributed by atoms with van der Waals surface area (Å²) in [6.45, 7) is 0. The van der Waals surface area contributed by atoms with Crippen LogP contribution in [0.2, 0.25) is 0 Å². The molecule has 0 aromatic heterocycles. The number of fused-ring (bicyclic) bond motifs is 4. The number of hydrogen-bond donors (Lipinski definition) is 0. The molecule has 0 saturated carbocycles. The van der Waals surface area contributed by atoms with E-state index in [0.717, 1.165) is 49.9 Å². The predicted molar refractivity (Wildman–Crippen MR) is 252 cm³/mol. The van der Waals surface area contributed by atoms with Gasteiger partial charge in [0.1, 0.15) is 0 Å². The van der Waals surface area contributed by atoms with Crippen LogP contribution in [-0.2, 0) is 5.41 Å². The first-order valence-electron chi connectivity index (χ1n) is 26.6. The third kappa shape index (κ3) is 5.94. The van der Waals surface area contributed by atoms with Crippen molar-refractivity contribution in [3.8, 4) is 44.5 Å². The molecule has 1 aliphatic rings. The van der Waals surface area contributed by atoms with Crippen molar-refractivity contribution in [2.75, 3.05) is 4.90 Å². The van der Waals surface area contributed by atoms with Gasteiger partial charge in [0.15, 0.2) is 0 Å². The Morgan fingerprint density at radius 3 is 1.68 bits per heavy atom. The largest absolute Gasteiger partial charge is 0.310 e. The Morgan fingerprint density at radius 1 is 0.350 bits per heavy atom. The zero-order valence-corrected chi connectivity index (χ0v) is 32.0. The molecule has 282 valence electrons. The van der Waals surface area contributed by atoms with Crippen molar-refractivity contribution in [3.05, 3.63) is 271 Å². The second-order valence-corrected chi connectivity index (χ2v) is 14.6. The molecular weight excluding hydrogens is 723 g/mol. The van der Waals surface area contributed by atoms with Gasteiger partial charge < -0.3 is 4.90 Å². The minimum Gasteiger partial charge on any atom is -0.310 e. The molecule has 0 heterocycles. The van der Waals surface area contributed by atoms with E-state index in [1.54, 1.807) is 17.0 Å². The molecule has 0 spiro atoms. The topological polar surface area (TPSA) is 3.24 Å². The van der Waals surface area contributed by atoms with Gasteiger partial charge in [0, 0.05) is 17.1 Å². The van der Waals surface area contributed by atoms with Crippen LogP contribution in [0.1, 0.15) is 41.4 Å². The quantitative estimate of drug-likeness (QED) is 0.149. The first-order chi connectivity index (χ1) is 35.6. The Hall–Kier alpha value is -7.74. The van der Waals surface area contributed by atoms with Crippen LogP contribution in [-0.4, -0.2) is 0 Å². The van der Waals surface area contributed by atoms with Gasteiger partial charge in [-0.3, -0.25) is 0 Å². The summed E-state index contributed by atoms with van der Waals surface area (Å²) in [4.78, 5) is 1.67. The fourth-order valence-corrected chi connectivity index (χ4v) is 8.79. The second kappa shape index (κ2) is 14.9. The van der Waals surface area contributed by atoms with Crippen molar-refractivity contribution < 1.29 is 19.2 Å². The molecule has 0 aliphatic heterocycles. The molecule has 0 saturated heterocycles. The van der Waals surface area contributed by atoms with Crippen LogP contribution in [0.4, 0.5) is 17.1 Å². The average Bonchev–Trinajstić information content (AvgIpc) is 3.75. The molecule has 0 N–H and O–H groups in total. The molecule has 10 aromatic carbocycles. The summed E-state index contributed by atoms with van der Waals surface area (Å²) in [5.41, 5.74) is 7.21. The first-order valence-corrected chi connectivity index (χ1v) is 19.6. The lowest BCUT2D eigenvalue weighted by Crippen LogP contribution is -2.28. The van der Waals surface area contributed by atoms with Crippen molar-refractivity contribution in [1.82, 2.24) is 0 Å². The monoisotopic (exact) mass is 777 g/mol. The zero-order chi connectivity index (χ0) is 52.1. The third-order valence-electron chi connectivity index (χ3n) is 11.4. The predicted octanol–water partition coefficient (Wildman–Crippen LogP) is 15.7. The van der Waals surface area contributed by atoms with Gasteiger partial charge >= 0.3 is 0 Å². The van der Waals surface area contributed by atoms with Crippen LogP contribution in [0.5, 0.6) is 0 Å². The molecule has 0 bridgehead atoms. The SMILES string of the molecule is [2H]c1c([2H])c([2H])c(-c2c([2H])c([2H])c([2H])c(N(c3ccc(-c4ccc5c(-c6c([2H])c([2H])c([2H])c([2H])c6[2H])cccc5c4)cc3)c3ccc4c(c3)C(c3ccccc3)(c3ccccc3)c3ccccc3-4)c2[2H])c([2H])c1[2H]. The molecule has 1 aliphatic carbocycles.